The van der Waals surface area contributed by atoms with Crippen LogP contribution in [0.15, 0.2) is 84.0 Å². The van der Waals surface area contributed by atoms with E-state index in [0.717, 1.165) is 35.2 Å². The molecule has 134 valence electrons. The topological polar surface area (TPSA) is 44.3 Å². The first kappa shape index (κ1) is 17.0. The molecular formula is C23H22N4. The van der Waals surface area contributed by atoms with Gasteiger partial charge in [-0.15, -0.1) is 0 Å². The van der Waals surface area contributed by atoms with Crippen LogP contribution in [0.2, 0.25) is 0 Å². The van der Waals surface area contributed by atoms with Crippen molar-refractivity contribution >= 4 is 28.5 Å². The molecule has 0 saturated carbocycles. The lowest BCUT2D eigenvalue weighted by Crippen LogP contribution is -2.21. The molecular weight excluding hydrogens is 332 g/mol. The van der Waals surface area contributed by atoms with E-state index >= 15 is 0 Å². The Bertz CT molecular complexity index is 1030. The van der Waals surface area contributed by atoms with E-state index in [1.54, 1.807) is 0 Å². The zero-order chi connectivity index (χ0) is 18.5. The van der Waals surface area contributed by atoms with Crippen molar-refractivity contribution in [2.75, 3.05) is 11.4 Å². The van der Waals surface area contributed by atoms with Crippen molar-refractivity contribution in [3.05, 3.63) is 90.1 Å². The van der Waals surface area contributed by atoms with Crippen LogP contribution in [0, 0.1) is 0 Å². The summed E-state index contributed by atoms with van der Waals surface area (Å²) in [5, 5.41) is 8.11. The number of H-pyrrole nitrogens is 1. The largest absolute Gasteiger partial charge is 0.367 e. The van der Waals surface area contributed by atoms with Gasteiger partial charge in [0.15, 0.2) is 0 Å². The van der Waals surface area contributed by atoms with Crippen molar-refractivity contribution < 1.29 is 0 Å². The average molecular weight is 354 g/mol. The fraction of sp³-hybridized carbons (Fsp3) is 0.130. The van der Waals surface area contributed by atoms with Crippen molar-refractivity contribution in [1.29, 1.82) is 0 Å². The molecule has 1 heterocycles. The standard InChI is InChI=1S/C23H22N4/c1-2-27(17-19-6-4-3-5-7-19)22-12-8-18(9-13-22)15-24-21-11-10-20-16-25-26-23(20)14-21/h3-16H,2,17H2,1H3,(H,25,26). The number of aromatic amines is 1. The number of anilines is 1. The third kappa shape index (κ3) is 4.06. The summed E-state index contributed by atoms with van der Waals surface area (Å²) < 4.78 is 0. The molecule has 1 aromatic heterocycles. The van der Waals surface area contributed by atoms with Crippen LogP contribution in [0.1, 0.15) is 18.1 Å². The number of fused-ring (bicyclic) bond motifs is 1. The molecule has 0 bridgehead atoms. The van der Waals surface area contributed by atoms with Crippen LogP contribution in [-0.4, -0.2) is 23.0 Å². The summed E-state index contributed by atoms with van der Waals surface area (Å²) in [7, 11) is 0. The van der Waals surface area contributed by atoms with Crippen molar-refractivity contribution in [3.8, 4) is 0 Å². The molecule has 0 amide bonds. The molecule has 0 fully saturated rings. The number of aliphatic imine (C=N–C) groups is 1. The molecule has 4 heteroatoms. The molecule has 0 aliphatic carbocycles. The van der Waals surface area contributed by atoms with E-state index in [1.165, 1.54) is 11.3 Å². The number of nitrogens with one attached hydrogen (secondary N) is 1. The Balaban J connectivity index is 1.47. The zero-order valence-electron chi connectivity index (χ0n) is 15.3. The number of hydrogen-bond acceptors (Lipinski definition) is 3. The number of benzene rings is 3. The first-order valence-electron chi connectivity index (χ1n) is 9.18. The van der Waals surface area contributed by atoms with Crippen LogP contribution in [0.25, 0.3) is 10.9 Å². The van der Waals surface area contributed by atoms with Gasteiger partial charge in [0.25, 0.3) is 0 Å². The van der Waals surface area contributed by atoms with Gasteiger partial charge in [-0.2, -0.15) is 5.10 Å². The maximum atomic E-state index is 4.58. The highest BCUT2D eigenvalue weighted by Gasteiger charge is 2.05. The normalized spacial score (nSPS) is 11.3. The van der Waals surface area contributed by atoms with E-state index in [4.69, 9.17) is 0 Å². The van der Waals surface area contributed by atoms with E-state index in [9.17, 15) is 0 Å². The maximum absolute atomic E-state index is 4.58. The van der Waals surface area contributed by atoms with Crippen molar-refractivity contribution in [2.24, 2.45) is 4.99 Å². The molecule has 0 aliphatic rings. The lowest BCUT2D eigenvalue weighted by Gasteiger charge is -2.23. The summed E-state index contributed by atoms with van der Waals surface area (Å²) in [6.07, 6.45) is 3.71. The fourth-order valence-corrected chi connectivity index (χ4v) is 3.12. The minimum atomic E-state index is 0.912. The van der Waals surface area contributed by atoms with Gasteiger partial charge in [-0.3, -0.25) is 10.1 Å². The van der Waals surface area contributed by atoms with Gasteiger partial charge in [-0.25, -0.2) is 0 Å². The number of nitrogens with zero attached hydrogens (tertiary/aromatic N) is 3. The van der Waals surface area contributed by atoms with E-state index in [0.29, 0.717) is 0 Å². The molecule has 27 heavy (non-hydrogen) atoms. The number of aromatic nitrogens is 2. The van der Waals surface area contributed by atoms with Gasteiger partial charge < -0.3 is 4.90 Å². The zero-order valence-corrected chi connectivity index (χ0v) is 15.3. The van der Waals surface area contributed by atoms with Crippen LogP contribution in [0.3, 0.4) is 0 Å². The molecule has 3 aromatic carbocycles. The van der Waals surface area contributed by atoms with E-state index in [1.807, 2.05) is 30.6 Å². The summed E-state index contributed by atoms with van der Waals surface area (Å²) in [5.41, 5.74) is 5.53. The molecule has 0 radical (unpaired) electrons. The van der Waals surface area contributed by atoms with Crippen LogP contribution in [-0.2, 0) is 6.54 Å². The van der Waals surface area contributed by atoms with Gasteiger partial charge in [-0.05, 0) is 48.4 Å². The second-order valence-corrected chi connectivity index (χ2v) is 6.49. The van der Waals surface area contributed by atoms with E-state index < -0.39 is 0 Å². The van der Waals surface area contributed by atoms with Gasteiger partial charge >= 0.3 is 0 Å². The second-order valence-electron chi connectivity index (χ2n) is 6.49. The van der Waals surface area contributed by atoms with Gasteiger partial charge in [0, 0.05) is 30.4 Å². The van der Waals surface area contributed by atoms with Crippen LogP contribution in [0.5, 0.6) is 0 Å². The highest BCUT2D eigenvalue weighted by molar-refractivity contribution is 5.85. The predicted molar refractivity (Wildman–Crippen MR) is 113 cm³/mol. The van der Waals surface area contributed by atoms with Crippen molar-refractivity contribution in [2.45, 2.75) is 13.5 Å². The first-order chi connectivity index (χ1) is 13.3. The number of hydrogen-bond donors (Lipinski definition) is 1. The van der Waals surface area contributed by atoms with Gasteiger partial charge in [0.2, 0.25) is 0 Å². The molecule has 1 N–H and O–H groups in total. The molecule has 4 rings (SSSR count). The fourth-order valence-electron chi connectivity index (χ4n) is 3.12. The third-order valence-corrected chi connectivity index (χ3v) is 4.64. The Morgan fingerprint density at radius 2 is 1.81 bits per heavy atom. The Hall–Kier alpha value is -3.40. The summed E-state index contributed by atoms with van der Waals surface area (Å²) in [4.78, 5) is 6.95. The SMILES string of the molecule is CCN(Cc1ccccc1)c1ccc(C=Nc2ccc3cn[nH]c3c2)cc1. The average Bonchev–Trinajstić information content (AvgIpc) is 3.19. The van der Waals surface area contributed by atoms with Gasteiger partial charge in [0.05, 0.1) is 17.4 Å². The lowest BCUT2D eigenvalue weighted by molar-refractivity contribution is 0.832. The predicted octanol–water partition coefficient (Wildman–Crippen LogP) is 5.34. The second kappa shape index (κ2) is 7.87. The Morgan fingerprint density at radius 1 is 1.00 bits per heavy atom. The maximum Gasteiger partial charge on any atom is 0.0671 e. The lowest BCUT2D eigenvalue weighted by atomic mass is 10.1. The highest BCUT2D eigenvalue weighted by Crippen LogP contribution is 2.20. The molecule has 4 aromatic rings. The monoisotopic (exact) mass is 354 g/mol. The minimum absolute atomic E-state index is 0.912. The third-order valence-electron chi connectivity index (χ3n) is 4.64. The van der Waals surface area contributed by atoms with Crippen LogP contribution in [0.4, 0.5) is 11.4 Å². The van der Waals surface area contributed by atoms with Crippen LogP contribution >= 0.6 is 0 Å². The van der Waals surface area contributed by atoms with Crippen molar-refractivity contribution in [1.82, 2.24) is 10.2 Å². The highest BCUT2D eigenvalue weighted by atomic mass is 15.1. The first-order valence-corrected chi connectivity index (χ1v) is 9.18. The molecule has 0 unspecified atom stereocenters. The summed E-state index contributed by atoms with van der Waals surface area (Å²) in [5.74, 6) is 0. The number of rotatable bonds is 6. The Labute approximate surface area is 159 Å². The summed E-state index contributed by atoms with van der Waals surface area (Å²) in [6, 6.07) is 25.1. The smallest absolute Gasteiger partial charge is 0.0671 e. The van der Waals surface area contributed by atoms with Gasteiger partial charge in [0.1, 0.15) is 0 Å². The minimum Gasteiger partial charge on any atom is -0.367 e. The summed E-state index contributed by atoms with van der Waals surface area (Å²) in [6.45, 7) is 4.06. The van der Waals surface area contributed by atoms with E-state index in [2.05, 4.69) is 81.6 Å². The van der Waals surface area contributed by atoms with Gasteiger partial charge in [-0.1, -0.05) is 42.5 Å². The Morgan fingerprint density at radius 3 is 2.59 bits per heavy atom. The molecule has 0 atom stereocenters. The quantitative estimate of drug-likeness (QED) is 0.475. The summed E-state index contributed by atoms with van der Waals surface area (Å²) >= 11 is 0. The van der Waals surface area contributed by atoms with Crippen molar-refractivity contribution in [3.63, 3.8) is 0 Å². The molecule has 0 aliphatic heterocycles. The molecule has 0 spiro atoms. The Kier molecular flexibility index (Phi) is 4.97. The molecule has 4 nitrogen and oxygen atoms in total. The van der Waals surface area contributed by atoms with Crippen LogP contribution < -0.4 is 4.90 Å². The molecule has 0 saturated heterocycles. The van der Waals surface area contributed by atoms with E-state index in [-0.39, 0.29) is 0 Å².